The van der Waals surface area contributed by atoms with Gasteiger partial charge in [0.15, 0.2) is 0 Å². The largest absolute Gasteiger partial charge is 0.467 e. The van der Waals surface area contributed by atoms with Gasteiger partial charge in [0, 0.05) is 12.5 Å². The summed E-state index contributed by atoms with van der Waals surface area (Å²) in [6.07, 6.45) is 1.80. The van der Waals surface area contributed by atoms with Crippen LogP contribution in [0.3, 0.4) is 0 Å². The van der Waals surface area contributed by atoms with E-state index in [0.29, 0.717) is 25.8 Å². The minimum absolute atomic E-state index is 0.0679. The van der Waals surface area contributed by atoms with Crippen LogP contribution in [-0.4, -0.2) is 51.1 Å². The van der Waals surface area contributed by atoms with Gasteiger partial charge in [-0.15, -0.1) is 0 Å². The standard InChI is InChI=1S/C26H30N2O6/c1-3-16-33-25(30)27-15-9-8-14-23(24(29)32-2)28-26(31)34-17-22-20-12-6-4-10-18(20)19-11-5-7-13-21(19)22/h3-7,10-13,22-23H,1,8-9,14-17H2,2H3,(H,27,30)(H,28,31). The molecule has 0 radical (unpaired) electrons. The van der Waals surface area contributed by atoms with Gasteiger partial charge in [-0.25, -0.2) is 14.4 Å². The molecule has 0 aromatic heterocycles. The van der Waals surface area contributed by atoms with E-state index in [1.165, 1.54) is 13.2 Å². The highest BCUT2D eigenvalue weighted by Gasteiger charge is 2.29. The van der Waals surface area contributed by atoms with Gasteiger partial charge < -0.3 is 24.8 Å². The molecule has 1 aliphatic rings. The van der Waals surface area contributed by atoms with Gasteiger partial charge in [-0.3, -0.25) is 0 Å². The van der Waals surface area contributed by atoms with E-state index in [0.717, 1.165) is 22.3 Å². The number of ether oxygens (including phenoxy) is 3. The summed E-state index contributed by atoms with van der Waals surface area (Å²) in [6, 6.07) is 15.3. The second kappa shape index (κ2) is 12.4. The maximum atomic E-state index is 12.5. The van der Waals surface area contributed by atoms with Gasteiger partial charge in [0.1, 0.15) is 19.3 Å². The molecule has 2 aromatic carbocycles. The van der Waals surface area contributed by atoms with Gasteiger partial charge in [0.25, 0.3) is 0 Å². The summed E-state index contributed by atoms with van der Waals surface area (Å²) in [5, 5.41) is 5.21. The molecule has 1 aliphatic carbocycles. The Hall–Kier alpha value is -3.81. The van der Waals surface area contributed by atoms with Crippen molar-refractivity contribution >= 4 is 18.2 Å². The van der Waals surface area contributed by atoms with E-state index in [4.69, 9.17) is 14.2 Å². The fourth-order valence-corrected chi connectivity index (χ4v) is 4.02. The summed E-state index contributed by atoms with van der Waals surface area (Å²) in [5.74, 6) is -0.617. The van der Waals surface area contributed by atoms with Gasteiger partial charge in [-0.2, -0.15) is 0 Å². The van der Waals surface area contributed by atoms with E-state index in [1.54, 1.807) is 0 Å². The molecule has 2 N–H and O–H groups in total. The number of esters is 1. The molecule has 0 aliphatic heterocycles. The number of methoxy groups -OCH3 is 1. The summed E-state index contributed by atoms with van der Waals surface area (Å²) < 4.78 is 15.2. The average molecular weight is 467 g/mol. The Kier molecular flexibility index (Phi) is 9.08. The normalized spacial score (nSPS) is 12.6. The highest BCUT2D eigenvalue weighted by Crippen LogP contribution is 2.44. The van der Waals surface area contributed by atoms with Crippen LogP contribution in [0.2, 0.25) is 0 Å². The minimum Gasteiger partial charge on any atom is -0.467 e. The van der Waals surface area contributed by atoms with E-state index in [1.807, 2.05) is 36.4 Å². The molecule has 0 bridgehead atoms. The fourth-order valence-electron chi connectivity index (χ4n) is 4.02. The van der Waals surface area contributed by atoms with E-state index in [2.05, 4.69) is 29.3 Å². The first-order valence-corrected chi connectivity index (χ1v) is 11.3. The second-order valence-corrected chi connectivity index (χ2v) is 7.86. The van der Waals surface area contributed by atoms with E-state index in [9.17, 15) is 14.4 Å². The summed E-state index contributed by atoms with van der Waals surface area (Å²) in [4.78, 5) is 36.0. The van der Waals surface area contributed by atoms with Crippen molar-refractivity contribution in [1.82, 2.24) is 10.6 Å². The highest BCUT2D eigenvalue weighted by molar-refractivity contribution is 5.82. The van der Waals surface area contributed by atoms with Crippen LogP contribution in [0.1, 0.15) is 36.3 Å². The van der Waals surface area contributed by atoms with E-state index >= 15 is 0 Å². The summed E-state index contributed by atoms with van der Waals surface area (Å²) >= 11 is 0. The number of benzene rings is 2. The van der Waals surface area contributed by atoms with Gasteiger partial charge in [0.2, 0.25) is 0 Å². The molecular weight excluding hydrogens is 436 g/mol. The highest BCUT2D eigenvalue weighted by atomic mass is 16.6. The SMILES string of the molecule is C=CCOC(=O)NCCCCC(NC(=O)OCC1c2ccccc2-c2ccccc21)C(=O)OC. The van der Waals surface area contributed by atoms with Crippen LogP contribution in [0.25, 0.3) is 11.1 Å². The first-order chi connectivity index (χ1) is 16.5. The molecule has 2 aromatic rings. The molecule has 0 spiro atoms. The number of nitrogens with one attached hydrogen (secondary N) is 2. The van der Waals surface area contributed by atoms with Crippen molar-refractivity contribution in [2.24, 2.45) is 0 Å². The third kappa shape index (κ3) is 6.37. The van der Waals surface area contributed by atoms with Crippen LogP contribution in [-0.2, 0) is 19.0 Å². The van der Waals surface area contributed by atoms with E-state index in [-0.39, 0.29) is 19.1 Å². The number of rotatable bonds is 11. The lowest BCUT2D eigenvalue weighted by Gasteiger charge is -2.18. The zero-order valence-electron chi connectivity index (χ0n) is 19.3. The van der Waals surface area contributed by atoms with Gasteiger partial charge >= 0.3 is 18.2 Å². The smallest absolute Gasteiger partial charge is 0.407 e. The summed E-state index contributed by atoms with van der Waals surface area (Å²) in [5.41, 5.74) is 4.50. The van der Waals surface area contributed by atoms with Crippen molar-refractivity contribution in [1.29, 1.82) is 0 Å². The van der Waals surface area contributed by atoms with Gasteiger partial charge in [-0.05, 0) is 41.5 Å². The Labute approximate surface area is 199 Å². The molecule has 0 saturated heterocycles. The van der Waals surface area contributed by atoms with Crippen LogP contribution in [0.5, 0.6) is 0 Å². The lowest BCUT2D eigenvalue weighted by atomic mass is 9.98. The van der Waals surface area contributed by atoms with Crippen LogP contribution in [0, 0.1) is 0 Å². The predicted octanol–water partition coefficient (Wildman–Crippen LogP) is 4.15. The van der Waals surface area contributed by atoms with Gasteiger partial charge in [0.05, 0.1) is 7.11 Å². The summed E-state index contributed by atoms with van der Waals surface area (Å²) in [6.45, 7) is 4.15. The number of alkyl carbamates (subject to hydrolysis) is 2. The molecule has 0 fully saturated rings. The minimum atomic E-state index is -0.839. The molecule has 180 valence electrons. The summed E-state index contributed by atoms with van der Waals surface area (Å²) in [7, 11) is 1.27. The van der Waals surface area contributed by atoms with Crippen molar-refractivity contribution in [3.63, 3.8) is 0 Å². The van der Waals surface area contributed by atoms with Crippen LogP contribution in [0.4, 0.5) is 9.59 Å². The average Bonchev–Trinajstić information content (AvgIpc) is 3.18. The van der Waals surface area contributed by atoms with Gasteiger partial charge in [-0.1, -0.05) is 61.2 Å². The molecule has 1 unspecified atom stereocenters. The Morgan fingerprint density at radius 1 is 0.971 bits per heavy atom. The Morgan fingerprint density at radius 3 is 2.24 bits per heavy atom. The van der Waals surface area contributed by atoms with Crippen LogP contribution >= 0.6 is 0 Å². The lowest BCUT2D eigenvalue weighted by molar-refractivity contribution is -0.143. The zero-order chi connectivity index (χ0) is 24.3. The molecule has 0 saturated carbocycles. The Bertz CT molecular complexity index is 976. The quantitative estimate of drug-likeness (QED) is 0.223. The number of hydrogen-bond acceptors (Lipinski definition) is 6. The monoisotopic (exact) mass is 466 g/mol. The molecule has 1 atom stereocenters. The third-order valence-corrected chi connectivity index (χ3v) is 5.64. The number of amides is 2. The van der Waals surface area contributed by atoms with Crippen molar-refractivity contribution < 1.29 is 28.6 Å². The number of unbranched alkanes of at least 4 members (excludes halogenated alkanes) is 1. The topological polar surface area (TPSA) is 103 Å². The molecule has 0 heterocycles. The zero-order valence-corrected chi connectivity index (χ0v) is 19.3. The molecule has 3 rings (SSSR count). The Morgan fingerprint density at radius 2 is 1.62 bits per heavy atom. The van der Waals surface area contributed by atoms with Crippen molar-refractivity contribution in [3.05, 3.63) is 72.3 Å². The molecular formula is C26H30N2O6. The first-order valence-electron chi connectivity index (χ1n) is 11.3. The number of fused-ring (bicyclic) bond motifs is 3. The fraction of sp³-hybridized carbons (Fsp3) is 0.346. The number of hydrogen-bond donors (Lipinski definition) is 2. The van der Waals surface area contributed by atoms with Crippen molar-refractivity contribution in [3.8, 4) is 11.1 Å². The Balaban J connectivity index is 1.49. The van der Waals surface area contributed by atoms with Crippen LogP contribution in [0.15, 0.2) is 61.2 Å². The number of carbonyl (C=O) groups excluding carboxylic acids is 3. The first kappa shape index (κ1) is 24.8. The third-order valence-electron chi connectivity index (χ3n) is 5.64. The van der Waals surface area contributed by atoms with E-state index < -0.39 is 24.2 Å². The molecule has 8 nitrogen and oxygen atoms in total. The molecule has 2 amide bonds. The van der Waals surface area contributed by atoms with Crippen molar-refractivity contribution in [2.75, 3.05) is 26.9 Å². The lowest BCUT2D eigenvalue weighted by Crippen LogP contribution is -2.42. The molecule has 34 heavy (non-hydrogen) atoms. The van der Waals surface area contributed by atoms with Crippen molar-refractivity contribution in [2.45, 2.75) is 31.2 Å². The number of carbonyl (C=O) groups is 3. The maximum absolute atomic E-state index is 12.5. The van der Waals surface area contributed by atoms with Crippen LogP contribution < -0.4 is 10.6 Å². The second-order valence-electron chi connectivity index (χ2n) is 7.86. The predicted molar refractivity (Wildman–Crippen MR) is 127 cm³/mol. The maximum Gasteiger partial charge on any atom is 0.407 e. The molecule has 8 heteroatoms.